The van der Waals surface area contributed by atoms with Crippen LogP contribution in [0.3, 0.4) is 0 Å². The largest absolute Gasteiger partial charge is 0.392 e. The number of aliphatic hydroxyl groups excluding tert-OH is 1. The van der Waals surface area contributed by atoms with Gasteiger partial charge in [-0.3, -0.25) is 0 Å². The Morgan fingerprint density at radius 3 is 2.53 bits per heavy atom. The summed E-state index contributed by atoms with van der Waals surface area (Å²) in [5.41, 5.74) is 0.0607. The van der Waals surface area contributed by atoms with E-state index in [1.807, 2.05) is 0 Å². The van der Waals surface area contributed by atoms with Crippen molar-refractivity contribution >= 4 is 0 Å². The fourth-order valence-electron chi connectivity index (χ4n) is 2.51. The third-order valence-electron chi connectivity index (χ3n) is 4.21. The fraction of sp³-hybridized carbons (Fsp3) is 1.00. The molecule has 3 heteroatoms. The smallest absolute Gasteiger partial charge is 0.0621 e. The van der Waals surface area contributed by atoms with Gasteiger partial charge in [-0.05, 0) is 31.7 Å². The molecule has 0 aromatic rings. The number of ether oxygens (including phenoxy) is 1. The summed E-state index contributed by atoms with van der Waals surface area (Å²) in [7, 11) is 0. The van der Waals surface area contributed by atoms with Gasteiger partial charge >= 0.3 is 0 Å². The minimum absolute atomic E-state index is 0.0607. The van der Waals surface area contributed by atoms with Crippen LogP contribution in [0.1, 0.15) is 33.1 Å². The molecule has 1 heterocycles. The van der Waals surface area contributed by atoms with Gasteiger partial charge in [0, 0.05) is 24.7 Å². The van der Waals surface area contributed by atoms with Gasteiger partial charge in [0.05, 0.1) is 6.10 Å². The van der Waals surface area contributed by atoms with E-state index in [4.69, 9.17) is 4.74 Å². The standard InChI is InChI=1S/C12H23NO2/c1-12(2)10(7-11(12)14)13-8-9-3-5-15-6-4-9/h9-11,13-14H,3-8H2,1-2H3. The summed E-state index contributed by atoms with van der Waals surface area (Å²) in [5.74, 6) is 0.771. The lowest BCUT2D eigenvalue weighted by atomic mass is 9.64. The highest BCUT2D eigenvalue weighted by Crippen LogP contribution is 2.40. The molecular weight excluding hydrogens is 190 g/mol. The molecule has 1 aliphatic carbocycles. The zero-order valence-corrected chi connectivity index (χ0v) is 9.83. The molecule has 88 valence electrons. The third kappa shape index (κ3) is 2.35. The minimum Gasteiger partial charge on any atom is -0.392 e. The Morgan fingerprint density at radius 2 is 2.00 bits per heavy atom. The van der Waals surface area contributed by atoms with Crippen molar-refractivity contribution in [1.29, 1.82) is 0 Å². The molecule has 2 rings (SSSR count). The van der Waals surface area contributed by atoms with Crippen LogP contribution in [0.15, 0.2) is 0 Å². The normalized spacial score (nSPS) is 36.2. The van der Waals surface area contributed by atoms with Crippen molar-refractivity contribution in [3.8, 4) is 0 Å². The average Bonchev–Trinajstić information content (AvgIpc) is 2.25. The third-order valence-corrected chi connectivity index (χ3v) is 4.21. The summed E-state index contributed by atoms with van der Waals surface area (Å²) in [6, 6.07) is 0.496. The SMILES string of the molecule is CC1(C)C(O)CC1NCC1CCOCC1. The van der Waals surface area contributed by atoms with Crippen molar-refractivity contribution in [2.24, 2.45) is 11.3 Å². The molecule has 3 nitrogen and oxygen atoms in total. The summed E-state index contributed by atoms with van der Waals surface area (Å²) < 4.78 is 5.34. The van der Waals surface area contributed by atoms with Gasteiger partial charge in [-0.15, -0.1) is 0 Å². The number of hydrogen-bond acceptors (Lipinski definition) is 3. The average molecular weight is 213 g/mol. The maximum atomic E-state index is 9.62. The van der Waals surface area contributed by atoms with Gasteiger partial charge in [-0.2, -0.15) is 0 Å². The van der Waals surface area contributed by atoms with Gasteiger partial charge in [-0.1, -0.05) is 13.8 Å². The van der Waals surface area contributed by atoms with Crippen LogP contribution >= 0.6 is 0 Å². The summed E-state index contributed by atoms with van der Waals surface area (Å²) in [6.45, 7) is 7.21. The van der Waals surface area contributed by atoms with Crippen LogP contribution in [0, 0.1) is 11.3 Å². The van der Waals surface area contributed by atoms with Gasteiger partial charge in [-0.25, -0.2) is 0 Å². The van der Waals surface area contributed by atoms with Crippen molar-refractivity contribution in [3.63, 3.8) is 0 Å². The van der Waals surface area contributed by atoms with E-state index in [-0.39, 0.29) is 11.5 Å². The van der Waals surface area contributed by atoms with Gasteiger partial charge < -0.3 is 15.2 Å². The summed E-state index contributed by atoms with van der Waals surface area (Å²) >= 11 is 0. The van der Waals surface area contributed by atoms with E-state index in [1.165, 1.54) is 12.8 Å². The zero-order chi connectivity index (χ0) is 10.9. The van der Waals surface area contributed by atoms with Crippen LogP contribution < -0.4 is 5.32 Å². The van der Waals surface area contributed by atoms with E-state index in [0.29, 0.717) is 6.04 Å². The van der Waals surface area contributed by atoms with Crippen molar-refractivity contribution < 1.29 is 9.84 Å². The molecule has 15 heavy (non-hydrogen) atoms. The minimum atomic E-state index is -0.121. The number of rotatable bonds is 3. The number of aliphatic hydroxyl groups is 1. The predicted octanol–water partition coefficient (Wildman–Crippen LogP) is 1.16. The highest BCUT2D eigenvalue weighted by atomic mass is 16.5. The van der Waals surface area contributed by atoms with Crippen LogP contribution in [0.25, 0.3) is 0 Å². The van der Waals surface area contributed by atoms with Crippen LogP contribution in [0.2, 0.25) is 0 Å². The molecular formula is C12H23NO2. The molecule has 2 aliphatic rings. The molecule has 2 N–H and O–H groups in total. The first-order chi connectivity index (χ1) is 7.10. The molecule has 1 saturated carbocycles. The molecule has 0 aromatic heterocycles. The first-order valence-corrected chi connectivity index (χ1v) is 6.10. The molecule has 1 aliphatic heterocycles. The Bertz CT molecular complexity index is 212. The van der Waals surface area contributed by atoms with E-state index < -0.39 is 0 Å². The fourth-order valence-corrected chi connectivity index (χ4v) is 2.51. The van der Waals surface area contributed by atoms with Crippen LogP contribution in [0.5, 0.6) is 0 Å². The van der Waals surface area contributed by atoms with Crippen molar-refractivity contribution in [2.75, 3.05) is 19.8 Å². The lowest BCUT2D eigenvalue weighted by Crippen LogP contribution is -2.60. The second-order valence-electron chi connectivity index (χ2n) is 5.59. The molecule has 0 amide bonds. The quantitative estimate of drug-likeness (QED) is 0.739. The van der Waals surface area contributed by atoms with Gasteiger partial charge in [0.1, 0.15) is 0 Å². The molecule has 0 spiro atoms. The molecule has 0 bridgehead atoms. The van der Waals surface area contributed by atoms with E-state index in [2.05, 4.69) is 19.2 Å². The Kier molecular flexibility index (Phi) is 3.33. The maximum absolute atomic E-state index is 9.62. The second-order valence-corrected chi connectivity index (χ2v) is 5.59. The first-order valence-electron chi connectivity index (χ1n) is 6.10. The topological polar surface area (TPSA) is 41.5 Å². The molecule has 2 unspecified atom stereocenters. The second kappa shape index (κ2) is 4.40. The monoisotopic (exact) mass is 213 g/mol. The lowest BCUT2D eigenvalue weighted by Gasteiger charge is -2.50. The summed E-state index contributed by atoms with van der Waals surface area (Å²) in [6.07, 6.45) is 3.16. The number of nitrogens with one attached hydrogen (secondary N) is 1. The summed E-state index contributed by atoms with van der Waals surface area (Å²) in [5, 5.41) is 13.2. The van der Waals surface area contributed by atoms with Crippen molar-refractivity contribution in [1.82, 2.24) is 5.32 Å². The van der Waals surface area contributed by atoms with Gasteiger partial charge in [0.2, 0.25) is 0 Å². The first kappa shape index (κ1) is 11.4. The zero-order valence-electron chi connectivity index (χ0n) is 9.83. The van der Waals surface area contributed by atoms with Crippen LogP contribution in [0.4, 0.5) is 0 Å². The Hall–Kier alpha value is -0.120. The summed E-state index contributed by atoms with van der Waals surface area (Å²) in [4.78, 5) is 0. The van der Waals surface area contributed by atoms with E-state index in [0.717, 1.165) is 32.1 Å². The van der Waals surface area contributed by atoms with Crippen LogP contribution in [-0.4, -0.2) is 37.0 Å². The van der Waals surface area contributed by atoms with E-state index in [1.54, 1.807) is 0 Å². The molecule has 1 saturated heterocycles. The Labute approximate surface area is 92.2 Å². The predicted molar refractivity (Wildman–Crippen MR) is 59.7 cm³/mol. The molecule has 0 aromatic carbocycles. The van der Waals surface area contributed by atoms with Crippen molar-refractivity contribution in [2.45, 2.75) is 45.3 Å². The molecule has 2 atom stereocenters. The van der Waals surface area contributed by atoms with E-state index >= 15 is 0 Å². The maximum Gasteiger partial charge on any atom is 0.0621 e. The van der Waals surface area contributed by atoms with Gasteiger partial charge in [0.25, 0.3) is 0 Å². The molecule has 2 fully saturated rings. The van der Waals surface area contributed by atoms with Crippen molar-refractivity contribution in [3.05, 3.63) is 0 Å². The Morgan fingerprint density at radius 1 is 1.33 bits per heavy atom. The van der Waals surface area contributed by atoms with E-state index in [9.17, 15) is 5.11 Å². The van der Waals surface area contributed by atoms with Crippen LogP contribution in [-0.2, 0) is 4.74 Å². The highest BCUT2D eigenvalue weighted by molar-refractivity contribution is 5.01. The Balaban J connectivity index is 1.70. The molecule has 0 radical (unpaired) electrons. The number of hydrogen-bond donors (Lipinski definition) is 2. The van der Waals surface area contributed by atoms with Gasteiger partial charge in [0.15, 0.2) is 0 Å². The lowest BCUT2D eigenvalue weighted by molar-refractivity contribution is -0.0744. The highest BCUT2D eigenvalue weighted by Gasteiger charge is 2.46.